The van der Waals surface area contributed by atoms with Crippen molar-refractivity contribution in [2.24, 2.45) is 5.92 Å². The number of rotatable bonds is 6. The molecule has 2 aromatic rings. The summed E-state index contributed by atoms with van der Waals surface area (Å²) in [6.45, 7) is 4.99. The Morgan fingerprint density at radius 3 is 2.82 bits per heavy atom. The van der Waals surface area contributed by atoms with Gasteiger partial charge in [-0.05, 0) is 17.9 Å². The molecule has 1 aromatic heterocycles. The van der Waals surface area contributed by atoms with E-state index in [1.54, 1.807) is 11.3 Å². The molecule has 2 atom stereocenters. The summed E-state index contributed by atoms with van der Waals surface area (Å²) in [5.74, 6) is 1.23. The highest BCUT2D eigenvalue weighted by atomic mass is 32.1. The summed E-state index contributed by atoms with van der Waals surface area (Å²) in [6, 6.07) is 10.3. The van der Waals surface area contributed by atoms with Gasteiger partial charge in [0.2, 0.25) is 5.91 Å². The average Bonchev–Trinajstić information content (AvgIpc) is 3.19. The Morgan fingerprint density at radius 2 is 2.14 bits per heavy atom. The Bertz CT molecular complexity index is 636. The molecule has 0 saturated heterocycles. The van der Waals surface area contributed by atoms with Gasteiger partial charge in [0.25, 0.3) is 0 Å². The highest BCUT2D eigenvalue weighted by Gasteiger charge is 2.43. The fourth-order valence-electron chi connectivity index (χ4n) is 2.70. The van der Waals surface area contributed by atoms with Crippen molar-refractivity contribution >= 4 is 17.2 Å². The van der Waals surface area contributed by atoms with Crippen LogP contribution in [-0.2, 0) is 11.2 Å². The molecule has 0 spiro atoms. The van der Waals surface area contributed by atoms with E-state index in [9.17, 15) is 4.79 Å². The molecule has 1 N–H and O–H groups in total. The van der Waals surface area contributed by atoms with Crippen molar-refractivity contribution in [2.75, 3.05) is 6.54 Å². The standard InChI is InChI=1S/C18H22N2OS/c1-12(2)18-20-14(11-22-18)8-9-19-17(21)16-10-15(16)13-6-4-3-5-7-13/h3-7,11-12,15-16H,8-10H2,1-2H3,(H,19,21)/t15-,16-/m0/s1. The molecule has 1 amide bonds. The maximum Gasteiger partial charge on any atom is 0.223 e. The van der Waals surface area contributed by atoms with Gasteiger partial charge >= 0.3 is 0 Å². The van der Waals surface area contributed by atoms with Crippen LogP contribution in [0, 0.1) is 5.92 Å². The second-order valence-corrected chi connectivity index (χ2v) is 7.12. The van der Waals surface area contributed by atoms with Crippen LogP contribution >= 0.6 is 11.3 Å². The molecule has 22 heavy (non-hydrogen) atoms. The van der Waals surface area contributed by atoms with Gasteiger partial charge in [0, 0.05) is 30.2 Å². The zero-order chi connectivity index (χ0) is 15.5. The van der Waals surface area contributed by atoms with Gasteiger partial charge in [-0.2, -0.15) is 0 Å². The SMILES string of the molecule is CC(C)c1nc(CCNC(=O)[C@H]2C[C@H]2c2ccccc2)cs1. The van der Waals surface area contributed by atoms with Crippen LogP contribution in [0.1, 0.15) is 48.4 Å². The molecular weight excluding hydrogens is 292 g/mol. The highest BCUT2D eigenvalue weighted by molar-refractivity contribution is 7.09. The lowest BCUT2D eigenvalue weighted by atomic mass is 10.1. The maximum absolute atomic E-state index is 12.2. The fraction of sp³-hybridized carbons (Fsp3) is 0.444. The molecule has 1 fully saturated rings. The number of nitrogens with zero attached hydrogens (tertiary/aromatic N) is 1. The van der Waals surface area contributed by atoms with Crippen molar-refractivity contribution in [1.82, 2.24) is 10.3 Å². The first-order valence-corrected chi connectivity index (χ1v) is 8.80. The minimum absolute atomic E-state index is 0.157. The molecule has 0 radical (unpaired) electrons. The summed E-state index contributed by atoms with van der Waals surface area (Å²) < 4.78 is 0. The third-order valence-corrected chi connectivity index (χ3v) is 5.29. The zero-order valence-electron chi connectivity index (χ0n) is 13.1. The lowest BCUT2D eigenvalue weighted by Gasteiger charge is -2.04. The van der Waals surface area contributed by atoms with E-state index in [-0.39, 0.29) is 11.8 Å². The highest BCUT2D eigenvalue weighted by Crippen LogP contribution is 2.47. The number of benzene rings is 1. The molecule has 116 valence electrons. The zero-order valence-corrected chi connectivity index (χ0v) is 13.9. The number of hydrogen-bond donors (Lipinski definition) is 1. The molecule has 3 rings (SSSR count). The number of aromatic nitrogens is 1. The number of carbonyl (C=O) groups is 1. The Morgan fingerprint density at radius 1 is 1.36 bits per heavy atom. The average molecular weight is 314 g/mol. The van der Waals surface area contributed by atoms with Crippen molar-refractivity contribution in [3.05, 3.63) is 52.0 Å². The lowest BCUT2D eigenvalue weighted by molar-refractivity contribution is -0.122. The molecule has 0 unspecified atom stereocenters. The summed E-state index contributed by atoms with van der Waals surface area (Å²) in [7, 11) is 0. The smallest absolute Gasteiger partial charge is 0.223 e. The summed E-state index contributed by atoms with van der Waals surface area (Å²) in [5, 5.41) is 6.33. The van der Waals surface area contributed by atoms with Crippen LogP contribution in [0.4, 0.5) is 0 Å². The summed E-state index contributed by atoms with van der Waals surface area (Å²) >= 11 is 1.71. The second-order valence-electron chi connectivity index (χ2n) is 6.23. The normalized spacial score (nSPS) is 20.1. The molecule has 1 aliphatic carbocycles. The van der Waals surface area contributed by atoms with Crippen molar-refractivity contribution in [3.63, 3.8) is 0 Å². The maximum atomic E-state index is 12.2. The molecule has 1 aromatic carbocycles. The van der Waals surface area contributed by atoms with E-state index in [2.05, 4.69) is 41.7 Å². The summed E-state index contributed by atoms with van der Waals surface area (Å²) in [6.07, 6.45) is 1.79. The summed E-state index contributed by atoms with van der Waals surface area (Å²) in [5.41, 5.74) is 2.37. The van der Waals surface area contributed by atoms with E-state index in [4.69, 9.17) is 0 Å². The topological polar surface area (TPSA) is 42.0 Å². The predicted molar refractivity (Wildman–Crippen MR) is 90.2 cm³/mol. The number of hydrogen-bond acceptors (Lipinski definition) is 3. The first kappa shape index (κ1) is 15.2. The summed E-state index contributed by atoms with van der Waals surface area (Å²) in [4.78, 5) is 16.8. The van der Waals surface area contributed by atoms with Gasteiger partial charge < -0.3 is 5.32 Å². The van der Waals surface area contributed by atoms with E-state index >= 15 is 0 Å². The van der Waals surface area contributed by atoms with Gasteiger partial charge in [0.15, 0.2) is 0 Å². The van der Waals surface area contributed by atoms with Crippen LogP contribution in [0.25, 0.3) is 0 Å². The molecule has 1 aliphatic rings. The Kier molecular flexibility index (Phi) is 4.57. The number of nitrogens with one attached hydrogen (secondary N) is 1. The van der Waals surface area contributed by atoms with Crippen LogP contribution in [0.15, 0.2) is 35.7 Å². The third kappa shape index (κ3) is 3.55. The molecule has 3 nitrogen and oxygen atoms in total. The second kappa shape index (κ2) is 6.61. The molecular formula is C18H22N2OS. The minimum Gasteiger partial charge on any atom is -0.355 e. The van der Waals surface area contributed by atoms with Crippen LogP contribution in [0.2, 0.25) is 0 Å². The number of thiazole rings is 1. The van der Waals surface area contributed by atoms with E-state index in [0.717, 1.165) is 18.5 Å². The first-order valence-electron chi connectivity index (χ1n) is 7.92. The van der Waals surface area contributed by atoms with Crippen LogP contribution in [0.5, 0.6) is 0 Å². The van der Waals surface area contributed by atoms with E-state index in [0.29, 0.717) is 18.4 Å². The van der Waals surface area contributed by atoms with E-state index in [1.807, 2.05) is 18.2 Å². The monoisotopic (exact) mass is 314 g/mol. The molecule has 4 heteroatoms. The third-order valence-electron chi connectivity index (χ3n) is 4.10. The van der Waals surface area contributed by atoms with Crippen LogP contribution in [-0.4, -0.2) is 17.4 Å². The molecule has 0 bridgehead atoms. The van der Waals surface area contributed by atoms with Gasteiger partial charge in [-0.1, -0.05) is 44.2 Å². The van der Waals surface area contributed by atoms with E-state index < -0.39 is 0 Å². The van der Waals surface area contributed by atoms with Gasteiger partial charge in [0.1, 0.15) is 0 Å². The van der Waals surface area contributed by atoms with Crippen molar-refractivity contribution < 1.29 is 4.79 Å². The van der Waals surface area contributed by atoms with Crippen molar-refractivity contribution in [1.29, 1.82) is 0 Å². The Hall–Kier alpha value is -1.68. The number of carbonyl (C=O) groups excluding carboxylic acids is 1. The minimum atomic E-state index is 0.157. The quantitative estimate of drug-likeness (QED) is 0.883. The number of amides is 1. The largest absolute Gasteiger partial charge is 0.355 e. The van der Waals surface area contributed by atoms with E-state index in [1.165, 1.54) is 10.6 Å². The van der Waals surface area contributed by atoms with Crippen LogP contribution < -0.4 is 5.32 Å². The predicted octanol–water partition coefficient (Wildman–Crippen LogP) is 3.73. The van der Waals surface area contributed by atoms with Crippen LogP contribution in [0.3, 0.4) is 0 Å². The fourth-order valence-corrected chi connectivity index (χ4v) is 3.57. The Balaban J connectivity index is 1.44. The molecule has 1 heterocycles. The molecule has 1 saturated carbocycles. The lowest BCUT2D eigenvalue weighted by Crippen LogP contribution is -2.27. The van der Waals surface area contributed by atoms with Gasteiger partial charge in [0.05, 0.1) is 10.7 Å². The Labute approximate surface area is 135 Å². The molecule has 0 aliphatic heterocycles. The van der Waals surface area contributed by atoms with Crippen molar-refractivity contribution in [3.8, 4) is 0 Å². The van der Waals surface area contributed by atoms with Gasteiger partial charge in [-0.3, -0.25) is 4.79 Å². The van der Waals surface area contributed by atoms with Gasteiger partial charge in [-0.25, -0.2) is 4.98 Å². The first-order chi connectivity index (χ1) is 10.6. The van der Waals surface area contributed by atoms with Gasteiger partial charge in [-0.15, -0.1) is 11.3 Å². The van der Waals surface area contributed by atoms with Crippen molar-refractivity contribution in [2.45, 2.75) is 38.5 Å².